The molecule has 1 aromatic heterocycles. The van der Waals surface area contributed by atoms with Crippen molar-refractivity contribution in [2.45, 2.75) is 19.6 Å². The molecular formula is C20H18BrClFN3O3. The van der Waals surface area contributed by atoms with E-state index in [4.69, 9.17) is 16.3 Å². The van der Waals surface area contributed by atoms with Gasteiger partial charge in [-0.15, -0.1) is 0 Å². The van der Waals surface area contributed by atoms with Crippen LogP contribution in [0.1, 0.15) is 5.56 Å². The van der Waals surface area contributed by atoms with E-state index in [1.54, 1.807) is 6.07 Å². The van der Waals surface area contributed by atoms with Crippen molar-refractivity contribution in [2.75, 3.05) is 19.7 Å². The van der Waals surface area contributed by atoms with Gasteiger partial charge in [-0.1, -0.05) is 33.6 Å². The van der Waals surface area contributed by atoms with Gasteiger partial charge in [0.15, 0.2) is 0 Å². The quantitative estimate of drug-likeness (QED) is 0.574. The number of aryl methyl sites for hydroxylation is 1. The molecule has 2 aromatic carbocycles. The number of hydrogen-bond acceptors (Lipinski definition) is 3. The Labute approximate surface area is 180 Å². The number of aromatic nitrogens is 2. The van der Waals surface area contributed by atoms with Crippen LogP contribution >= 0.6 is 27.5 Å². The largest absolute Gasteiger partial charge is 0.465 e. The molecule has 1 amide bonds. The Morgan fingerprint density at radius 3 is 2.93 bits per heavy atom. The Morgan fingerprint density at radius 2 is 2.21 bits per heavy atom. The molecule has 1 aliphatic heterocycles. The summed E-state index contributed by atoms with van der Waals surface area (Å²) in [7, 11) is 0. The normalized spacial score (nSPS) is 17.1. The number of hydrogen-bond donors (Lipinski definition) is 1. The molecule has 3 aromatic rings. The first-order chi connectivity index (χ1) is 13.8. The number of amides is 1. The predicted molar refractivity (Wildman–Crippen MR) is 112 cm³/mol. The Balaban J connectivity index is 1.82. The van der Waals surface area contributed by atoms with Gasteiger partial charge in [0.2, 0.25) is 0 Å². The fourth-order valence-electron chi connectivity index (χ4n) is 3.58. The number of morpholine rings is 1. The fourth-order valence-corrected chi connectivity index (χ4v) is 4.43. The van der Waals surface area contributed by atoms with Crippen LogP contribution in [0.25, 0.3) is 22.4 Å². The second-order valence-corrected chi connectivity index (χ2v) is 8.33. The number of benzene rings is 2. The van der Waals surface area contributed by atoms with Crippen LogP contribution in [0.2, 0.25) is 5.02 Å². The minimum Gasteiger partial charge on any atom is -0.465 e. The van der Waals surface area contributed by atoms with Crippen molar-refractivity contribution >= 4 is 44.7 Å². The van der Waals surface area contributed by atoms with E-state index in [1.807, 2.05) is 29.7 Å². The van der Waals surface area contributed by atoms with Gasteiger partial charge in [-0.25, -0.2) is 14.2 Å². The van der Waals surface area contributed by atoms with E-state index in [0.717, 1.165) is 11.1 Å². The Morgan fingerprint density at radius 1 is 1.41 bits per heavy atom. The highest BCUT2D eigenvalue weighted by atomic mass is 79.9. The van der Waals surface area contributed by atoms with Crippen LogP contribution in [0, 0.1) is 12.7 Å². The summed E-state index contributed by atoms with van der Waals surface area (Å²) in [6, 6.07) is 8.77. The first-order valence-corrected chi connectivity index (χ1v) is 10.2. The number of fused-ring (bicyclic) bond motifs is 1. The van der Waals surface area contributed by atoms with Crippen molar-refractivity contribution in [2.24, 2.45) is 0 Å². The summed E-state index contributed by atoms with van der Waals surface area (Å²) >= 11 is 9.62. The molecule has 9 heteroatoms. The third-order valence-corrected chi connectivity index (χ3v) is 5.69. The average molecular weight is 483 g/mol. The third kappa shape index (κ3) is 3.97. The Hall–Kier alpha value is -2.16. The zero-order valence-corrected chi connectivity index (χ0v) is 17.9. The van der Waals surface area contributed by atoms with E-state index >= 15 is 0 Å². The number of ether oxygens (including phenoxy) is 1. The topological polar surface area (TPSA) is 67.6 Å². The SMILES string of the molecule is Cc1ccc2c(c1)nc(-c1c(F)cc(Br)cc1Cl)n2CC1CN(C(=O)O)CCO1. The smallest absolute Gasteiger partial charge is 0.407 e. The highest BCUT2D eigenvalue weighted by Gasteiger charge is 2.27. The lowest BCUT2D eigenvalue weighted by Gasteiger charge is -2.31. The number of halogens is 3. The van der Waals surface area contributed by atoms with E-state index in [0.29, 0.717) is 35.5 Å². The predicted octanol–water partition coefficient (Wildman–Crippen LogP) is 4.95. The second kappa shape index (κ2) is 7.93. The van der Waals surface area contributed by atoms with Crippen molar-refractivity contribution in [3.05, 3.63) is 51.2 Å². The molecule has 1 saturated heterocycles. The van der Waals surface area contributed by atoms with Crippen LogP contribution in [-0.4, -0.2) is 51.5 Å². The zero-order chi connectivity index (χ0) is 20.7. The van der Waals surface area contributed by atoms with Gasteiger partial charge < -0.3 is 19.3 Å². The summed E-state index contributed by atoms with van der Waals surface area (Å²) in [5.41, 5.74) is 2.75. The van der Waals surface area contributed by atoms with Crippen LogP contribution in [0.4, 0.5) is 9.18 Å². The molecular weight excluding hydrogens is 465 g/mol. The molecule has 0 saturated carbocycles. The third-order valence-electron chi connectivity index (χ3n) is 4.93. The lowest BCUT2D eigenvalue weighted by atomic mass is 10.2. The minimum atomic E-state index is -0.980. The van der Waals surface area contributed by atoms with Crippen molar-refractivity contribution < 1.29 is 19.0 Å². The maximum Gasteiger partial charge on any atom is 0.407 e. The molecule has 0 spiro atoms. The fraction of sp³-hybridized carbons (Fsp3) is 0.300. The molecule has 0 radical (unpaired) electrons. The average Bonchev–Trinajstić information content (AvgIpc) is 2.98. The van der Waals surface area contributed by atoms with Crippen molar-refractivity contribution in [1.29, 1.82) is 0 Å². The second-order valence-electron chi connectivity index (χ2n) is 7.00. The minimum absolute atomic E-state index is 0.203. The lowest BCUT2D eigenvalue weighted by molar-refractivity contribution is -0.0286. The van der Waals surface area contributed by atoms with Crippen LogP contribution in [0.15, 0.2) is 34.8 Å². The summed E-state index contributed by atoms with van der Waals surface area (Å²) in [6.07, 6.45) is -1.36. The Bertz CT molecular complexity index is 1080. The summed E-state index contributed by atoms with van der Waals surface area (Å²) in [5, 5.41) is 9.53. The van der Waals surface area contributed by atoms with E-state index in [1.165, 1.54) is 11.0 Å². The summed E-state index contributed by atoms with van der Waals surface area (Å²) in [5.74, 6) is -0.106. The van der Waals surface area contributed by atoms with Gasteiger partial charge in [0, 0.05) is 11.0 Å². The molecule has 1 N–H and O–H groups in total. The highest BCUT2D eigenvalue weighted by Crippen LogP contribution is 2.35. The van der Waals surface area contributed by atoms with Gasteiger partial charge in [-0.2, -0.15) is 0 Å². The van der Waals surface area contributed by atoms with Crippen molar-refractivity contribution in [3.8, 4) is 11.4 Å². The van der Waals surface area contributed by atoms with E-state index in [-0.39, 0.29) is 23.2 Å². The molecule has 6 nitrogen and oxygen atoms in total. The standard InChI is InChI=1S/C20H18BrClFN3O3/c1-11-2-3-17-16(6-11)24-19(18-14(22)7-12(21)8-15(18)23)26(17)10-13-9-25(20(27)28)4-5-29-13/h2-3,6-8,13H,4-5,9-10H2,1H3,(H,27,28). The van der Waals surface area contributed by atoms with Crippen LogP contribution in [-0.2, 0) is 11.3 Å². The van der Waals surface area contributed by atoms with Crippen molar-refractivity contribution in [3.63, 3.8) is 0 Å². The van der Waals surface area contributed by atoms with Gasteiger partial charge in [0.05, 0.1) is 47.4 Å². The first-order valence-electron chi connectivity index (χ1n) is 9.05. The Kier molecular flexibility index (Phi) is 5.50. The van der Waals surface area contributed by atoms with E-state index in [2.05, 4.69) is 20.9 Å². The van der Waals surface area contributed by atoms with Gasteiger partial charge >= 0.3 is 6.09 Å². The maximum atomic E-state index is 14.8. The van der Waals surface area contributed by atoms with Crippen LogP contribution in [0.3, 0.4) is 0 Å². The van der Waals surface area contributed by atoms with E-state index < -0.39 is 11.9 Å². The number of rotatable bonds is 3. The lowest BCUT2D eigenvalue weighted by Crippen LogP contribution is -2.46. The van der Waals surface area contributed by atoms with Crippen molar-refractivity contribution in [1.82, 2.24) is 14.5 Å². The molecule has 1 aliphatic rings. The first kappa shape index (κ1) is 20.1. The number of nitrogens with zero attached hydrogens (tertiary/aromatic N) is 3. The summed E-state index contributed by atoms with van der Waals surface area (Å²) < 4.78 is 23.0. The zero-order valence-electron chi connectivity index (χ0n) is 15.5. The number of carboxylic acid groups (broad SMARTS) is 1. The maximum absolute atomic E-state index is 14.8. The molecule has 1 unspecified atom stereocenters. The molecule has 152 valence electrons. The van der Waals surface area contributed by atoms with Crippen LogP contribution < -0.4 is 0 Å². The molecule has 4 rings (SSSR count). The molecule has 2 heterocycles. The van der Waals surface area contributed by atoms with Gasteiger partial charge in [-0.05, 0) is 36.8 Å². The summed E-state index contributed by atoms with van der Waals surface area (Å²) in [4.78, 5) is 17.3. The molecule has 1 atom stereocenters. The number of carbonyl (C=O) groups is 1. The molecule has 0 bridgehead atoms. The number of imidazole rings is 1. The van der Waals surface area contributed by atoms with Crippen LogP contribution in [0.5, 0.6) is 0 Å². The highest BCUT2D eigenvalue weighted by molar-refractivity contribution is 9.10. The van der Waals surface area contributed by atoms with Gasteiger partial charge in [0.25, 0.3) is 0 Å². The molecule has 0 aliphatic carbocycles. The monoisotopic (exact) mass is 481 g/mol. The van der Waals surface area contributed by atoms with Gasteiger partial charge in [0.1, 0.15) is 11.6 Å². The molecule has 1 fully saturated rings. The van der Waals surface area contributed by atoms with E-state index in [9.17, 15) is 14.3 Å². The molecule has 29 heavy (non-hydrogen) atoms. The van der Waals surface area contributed by atoms with Gasteiger partial charge in [-0.3, -0.25) is 0 Å². The summed E-state index contributed by atoms with van der Waals surface area (Å²) in [6.45, 7) is 3.16.